The second-order valence-corrected chi connectivity index (χ2v) is 5.58. The standard InChI is InChI=1S/C12H24N2/c1-5-10-9(7-13)12(4)6-11(12)14(10)8(2)3/h8-11H,5-7,13H2,1-4H3/t9?,10-,11?,12?/m1/s1. The number of rotatable bonds is 3. The molecule has 4 atom stereocenters. The highest BCUT2D eigenvalue weighted by molar-refractivity contribution is 5.19. The Labute approximate surface area is 87.8 Å². The molecule has 14 heavy (non-hydrogen) atoms. The van der Waals surface area contributed by atoms with Gasteiger partial charge in [-0.1, -0.05) is 13.8 Å². The summed E-state index contributed by atoms with van der Waals surface area (Å²) in [6.45, 7) is 10.2. The monoisotopic (exact) mass is 196 g/mol. The van der Waals surface area contributed by atoms with Gasteiger partial charge in [-0.25, -0.2) is 0 Å². The molecule has 2 heteroatoms. The van der Waals surface area contributed by atoms with Crippen LogP contribution in [0.1, 0.15) is 40.5 Å². The van der Waals surface area contributed by atoms with E-state index in [4.69, 9.17) is 5.73 Å². The van der Waals surface area contributed by atoms with E-state index in [-0.39, 0.29) is 0 Å². The van der Waals surface area contributed by atoms with Gasteiger partial charge < -0.3 is 5.73 Å². The van der Waals surface area contributed by atoms with Gasteiger partial charge in [0.15, 0.2) is 0 Å². The number of nitrogens with two attached hydrogens (primary N) is 1. The van der Waals surface area contributed by atoms with Crippen LogP contribution in [0.5, 0.6) is 0 Å². The van der Waals surface area contributed by atoms with Crippen LogP contribution in [0.4, 0.5) is 0 Å². The normalized spacial score (nSPS) is 47.1. The third-order valence-corrected chi connectivity index (χ3v) is 4.56. The van der Waals surface area contributed by atoms with E-state index < -0.39 is 0 Å². The van der Waals surface area contributed by atoms with Crippen LogP contribution in [0, 0.1) is 11.3 Å². The van der Waals surface area contributed by atoms with Crippen molar-refractivity contribution >= 4 is 0 Å². The number of nitrogens with zero attached hydrogens (tertiary/aromatic N) is 1. The third kappa shape index (κ3) is 1.17. The summed E-state index contributed by atoms with van der Waals surface area (Å²) >= 11 is 0. The van der Waals surface area contributed by atoms with Crippen molar-refractivity contribution < 1.29 is 0 Å². The van der Waals surface area contributed by atoms with E-state index in [1.807, 2.05) is 0 Å². The van der Waals surface area contributed by atoms with Crippen molar-refractivity contribution in [3.8, 4) is 0 Å². The molecule has 0 amide bonds. The van der Waals surface area contributed by atoms with E-state index in [0.29, 0.717) is 11.5 Å². The molecule has 0 bridgehead atoms. The highest BCUT2D eigenvalue weighted by atomic mass is 15.3. The Balaban J connectivity index is 2.21. The summed E-state index contributed by atoms with van der Waals surface area (Å²) in [4.78, 5) is 2.72. The summed E-state index contributed by atoms with van der Waals surface area (Å²) in [6, 6.07) is 2.26. The lowest BCUT2D eigenvalue weighted by molar-refractivity contribution is 0.139. The van der Waals surface area contributed by atoms with Gasteiger partial charge in [0, 0.05) is 18.1 Å². The molecule has 1 aliphatic heterocycles. The molecule has 0 aromatic rings. The Morgan fingerprint density at radius 1 is 1.50 bits per heavy atom. The fraction of sp³-hybridized carbons (Fsp3) is 1.00. The van der Waals surface area contributed by atoms with E-state index in [9.17, 15) is 0 Å². The number of hydrogen-bond acceptors (Lipinski definition) is 2. The maximum atomic E-state index is 5.94. The van der Waals surface area contributed by atoms with Gasteiger partial charge in [0.2, 0.25) is 0 Å². The molecule has 2 N–H and O–H groups in total. The maximum Gasteiger partial charge on any atom is 0.0165 e. The molecule has 0 spiro atoms. The van der Waals surface area contributed by atoms with Crippen molar-refractivity contribution in [1.29, 1.82) is 0 Å². The van der Waals surface area contributed by atoms with E-state index in [2.05, 4.69) is 32.6 Å². The fourth-order valence-electron chi connectivity index (χ4n) is 3.75. The molecule has 2 aliphatic rings. The van der Waals surface area contributed by atoms with Crippen LogP contribution in [-0.2, 0) is 0 Å². The molecule has 1 aliphatic carbocycles. The molecule has 2 rings (SSSR count). The van der Waals surface area contributed by atoms with Crippen molar-refractivity contribution in [3.63, 3.8) is 0 Å². The first-order valence-electron chi connectivity index (χ1n) is 6.03. The van der Waals surface area contributed by atoms with Gasteiger partial charge >= 0.3 is 0 Å². The Bertz CT molecular complexity index is 226. The average molecular weight is 196 g/mol. The predicted molar refractivity (Wildman–Crippen MR) is 60.1 cm³/mol. The Morgan fingerprint density at radius 2 is 2.14 bits per heavy atom. The highest BCUT2D eigenvalue weighted by Crippen LogP contribution is 2.63. The van der Waals surface area contributed by atoms with Gasteiger partial charge in [0.25, 0.3) is 0 Å². The van der Waals surface area contributed by atoms with Crippen LogP contribution < -0.4 is 5.73 Å². The summed E-state index contributed by atoms with van der Waals surface area (Å²) < 4.78 is 0. The zero-order valence-electron chi connectivity index (χ0n) is 9.96. The van der Waals surface area contributed by atoms with Crippen molar-refractivity contribution in [2.24, 2.45) is 17.1 Å². The van der Waals surface area contributed by atoms with Crippen molar-refractivity contribution in [2.75, 3.05) is 6.54 Å². The number of likely N-dealkylation sites (tertiary alicyclic amines) is 1. The van der Waals surface area contributed by atoms with Crippen LogP contribution in [0.2, 0.25) is 0 Å². The van der Waals surface area contributed by atoms with Crippen LogP contribution in [0.15, 0.2) is 0 Å². The summed E-state index contributed by atoms with van der Waals surface area (Å²) in [6.07, 6.45) is 2.63. The number of piperidine rings is 1. The van der Waals surface area contributed by atoms with Crippen molar-refractivity contribution in [2.45, 2.75) is 58.7 Å². The lowest BCUT2D eigenvalue weighted by atomic mass is 9.85. The van der Waals surface area contributed by atoms with E-state index in [1.54, 1.807) is 0 Å². The third-order valence-electron chi connectivity index (χ3n) is 4.56. The summed E-state index contributed by atoms with van der Waals surface area (Å²) in [5.41, 5.74) is 6.49. The molecular formula is C12H24N2. The molecule has 1 saturated heterocycles. The first-order chi connectivity index (χ1) is 6.56. The first kappa shape index (κ1) is 10.4. The lowest BCUT2D eigenvalue weighted by Crippen LogP contribution is -2.42. The predicted octanol–water partition coefficient (Wildman–Crippen LogP) is 1.84. The second kappa shape index (κ2) is 3.21. The van der Waals surface area contributed by atoms with Gasteiger partial charge in [0.05, 0.1) is 0 Å². The summed E-state index contributed by atoms with van der Waals surface area (Å²) in [5, 5.41) is 0. The molecule has 3 unspecified atom stereocenters. The van der Waals surface area contributed by atoms with Crippen LogP contribution in [0.3, 0.4) is 0 Å². The SMILES string of the molecule is CC[C@@H]1C(CN)C2(C)CC2N1C(C)C. The largest absolute Gasteiger partial charge is 0.330 e. The first-order valence-corrected chi connectivity index (χ1v) is 6.03. The number of fused-ring (bicyclic) bond motifs is 1. The molecule has 0 aromatic carbocycles. The number of hydrogen-bond donors (Lipinski definition) is 1. The molecule has 1 saturated carbocycles. The van der Waals surface area contributed by atoms with Gasteiger partial charge in [-0.2, -0.15) is 0 Å². The molecular weight excluding hydrogens is 172 g/mol. The Morgan fingerprint density at radius 3 is 2.57 bits per heavy atom. The molecule has 2 nitrogen and oxygen atoms in total. The minimum absolute atomic E-state index is 0.555. The van der Waals surface area contributed by atoms with Gasteiger partial charge in [0.1, 0.15) is 0 Å². The lowest BCUT2D eigenvalue weighted by Gasteiger charge is -2.34. The summed E-state index contributed by atoms with van der Waals surface area (Å²) in [7, 11) is 0. The quantitative estimate of drug-likeness (QED) is 0.746. The average Bonchev–Trinajstić information content (AvgIpc) is 2.71. The summed E-state index contributed by atoms with van der Waals surface area (Å²) in [5.74, 6) is 0.736. The highest BCUT2D eigenvalue weighted by Gasteiger charge is 2.66. The minimum Gasteiger partial charge on any atom is -0.330 e. The van der Waals surface area contributed by atoms with Crippen LogP contribution in [0.25, 0.3) is 0 Å². The molecule has 0 radical (unpaired) electrons. The van der Waals surface area contributed by atoms with Crippen LogP contribution >= 0.6 is 0 Å². The van der Waals surface area contributed by atoms with E-state index in [1.165, 1.54) is 12.8 Å². The Hall–Kier alpha value is -0.0800. The van der Waals surface area contributed by atoms with E-state index in [0.717, 1.165) is 24.5 Å². The van der Waals surface area contributed by atoms with Gasteiger partial charge in [-0.05, 0) is 44.6 Å². The fourth-order valence-corrected chi connectivity index (χ4v) is 3.75. The van der Waals surface area contributed by atoms with Crippen LogP contribution in [-0.4, -0.2) is 29.6 Å². The smallest absolute Gasteiger partial charge is 0.0165 e. The second-order valence-electron chi connectivity index (χ2n) is 5.58. The zero-order chi connectivity index (χ0) is 10.5. The molecule has 2 fully saturated rings. The zero-order valence-corrected chi connectivity index (χ0v) is 9.96. The van der Waals surface area contributed by atoms with E-state index >= 15 is 0 Å². The molecule has 1 heterocycles. The van der Waals surface area contributed by atoms with Crippen molar-refractivity contribution in [1.82, 2.24) is 4.90 Å². The Kier molecular flexibility index (Phi) is 2.39. The maximum absolute atomic E-state index is 5.94. The van der Waals surface area contributed by atoms with Crippen molar-refractivity contribution in [3.05, 3.63) is 0 Å². The minimum atomic E-state index is 0.555. The molecule has 82 valence electrons. The topological polar surface area (TPSA) is 29.3 Å². The van der Waals surface area contributed by atoms with Gasteiger partial charge in [-0.15, -0.1) is 0 Å². The molecule has 0 aromatic heterocycles. The van der Waals surface area contributed by atoms with Gasteiger partial charge in [-0.3, -0.25) is 4.90 Å².